The largest absolute Gasteiger partial charge is 0.379 e. The molecule has 18 heavy (non-hydrogen) atoms. The van der Waals surface area contributed by atoms with E-state index in [0.717, 1.165) is 19.8 Å². The Morgan fingerprint density at radius 1 is 1.28 bits per heavy atom. The second kappa shape index (κ2) is 5.48. The fraction of sp³-hybridized carbons (Fsp3) is 1.00. The quantitative estimate of drug-likeness (QED) is 0.834. The summed E-state index contributed by atoms with van der Waals surface area (Å²) in [4.78, 5) is 2.75. The number of hydrogen-bond donors (Lipinski definition) is 1. The fourth-order valence-corrected chi connectivity index (χ4v) is 3.56. The molecule has 0 amide bonds. The molecular formula is C15H30N2O. The molecule has 0 spiro atoms. The third kappa shape index (κ3) is 2.45. The van der Waals surface area contributed by atoms with Crippen LogP contribution in [0.15, 0.2) is 0 Å². The van der Waals surface area contributed by atoms with Gasteiger partial charge in [-0.1, -0.05) is 20.8 Å². The van der Waals surface area contributed by atoms with E-state index in [-0.39, 0.29) is 5.54 Å². The van der Waals surface area contributed by atoms with Gasteiger partial charge in [0.1, 0.15) is 0 Å². The number of ether oxygens (including phenoxy) is 1. The zero-order chi connectivity index (χ0) is 13.2. The predicted octanol–water partition coefficient (Wildman–Crippen LogP) is 2.41. The average Bonchev–Trinajstić information content (AvgIpc) is 2.86. The van der Waals surface area contributed by atoms with Crippen molar-refractivity contribution in [2.45, 2.75) is 70.5 Å². The van der Waals surface area contributed by atoms with Gasteiger partial charge in [0.2, 0.25) is 0 Å². The first-order valence-electron chi connectivity index (χ1n) is 7.68. The Labute approximate surface area is 112 Å². The van der Waals surface area contributed by atoms with E-state index in [1.165, 1.54) is 32.2 Å². The van der Waals surface area contributed by atoms with Crippen LogP contribution in [-0.4, -0.2) is 48.3 Å². The summed E-state index contributed by atoms with van der Waals surface area (Å²) in [5, 5.41) is 3.82. The van der Waals surface area contributed by atoms with E-state index in [9.17, 15) is 0 Å². The first-order chi connectivity index (χ1) is 8.59. The summed E-state index contributed by atoms with van der Waals surface area (Å²) in [6, 6.07) is 0.669. The highest BCUT2D eigenvalue weighted by molar-refractivity contribution is 5.03. The Morgan fingerprint density at radius 2 is 2.00 bits per heavy atom. The summed E-state index contributed by atoms with van der Waals surface area (Å²) in [7, 11) is 0. The summed E-state index contributed by atoms with van der Waals surface area (Å²) >= 11 is 0. The van der Waals surface area contributed by atoms with E-state index in [1.54, 1.807) is 0 Å². The van der Waals surface area contributed by atoms with E-state index >= 15 is 0 Å². The van der Waals surface area contributed by atoms with E-state index in [2.05, 4.69) is 37.9 Å². The zero-order valence-electron chi connectivity index (χ0n) is 12.6. The predicted molar refractivity (Wildman–Crippen MR) is 75.9 cm³/mol. The molecule has 0 radical (unpaired) electrons. The minimum atomic E-state index is 0.262. The van der Waals surface area contributed by atoms with Crippen LogP contribution in [-0.2, 0) is 4.74 Å². The molecular weight excluding hydrogens is 224 g/mol. The molecule has 2 heterocycles. The molecule has 2 atom stereocenters. The molecule has 0 aromatic carbocycles. The lowest BCUT2D eigenvalue weighted by Crippen LogP contribution is -2.68. The summed E-state index contributed by atoms with van der Waals surface area (Å²) in [6.45, 7) is 13.5. The number of piperazine rings is 1. The van der Waals surface area contributed by atoms with Gasteiger partial charge in [-0.25, -0.2) is 0 Å². The number of rotatable bonds is 4. The van der Waals surface area contributed by atoms with Crippen LogP contribution in [0.25, 0.3) is 0 Å². The van der Waals surface area contributed by atoms with E-state index in [0.29, 0.717) is 11.6 Å². The molecule has 0 bridgehead atoms. The van der Waals surface area contributed by atoms with Gasteiger partial charge in [-0.15, -0.1) is 0 Å². The topological polar surface area (TPSA) is 24.5 Å². The van der Waals surface area contributed by atoms with Gasteiger partial charge in [0.15, 0.2) is 0 Å². The average molecular weight is 254 g/mol. The minimum Gasteiger partial charge on any atom is -0.379 e. The van der Waals surface area contributed by atoms with Crippen LogP contribution in [0.4, 0.5) is 0 Å². The van der Waals surface area contributed by atoms with E-state index in [4.69, 9.17) is 4.74 Å². The van der Waals surface area contributed by atoms with Gasteiger partial charge in [-0.2, -0.15) is 0 Å². The molecule has 3 nitrogen and oxygen atoms in total. The first-order valence-corrected chi connectivity index (χ1v) is 7.68. The van der Waals surface area contributed by atoms with E-state index in [1.807, 2.05) is 0 Å². The zero-order valence-corrected chi connectivity index (χ0v) is 12.6. The Hall–Kier alpha value is -0.120. The van der Waals surface area contributed by atoms with Crippen molar-refractivity contribution in [3.63, 3.8) is 0 Å². The van der Waals surface area contributed by atoms with Crippen LogP contribution >= 0.6 is 0 Å². The van der Waals surface area contributed by atoms with Gasteiger partial charge >= 0.3 is 0 Å². The van der Waals surface area contributed by atoms with Crippen molar-refractivity contribution < 1.29 is 4.74 Å². The fourth-order valence-electron chi connectivity index (χ4n) is 3.56. The van der Waals surface area contributed by atoms with Crippen LogP contribution in [0, 0.1) is 0 Å². The normalized spacial score (nSPS) is 37.0. The molecule has 0 aliphatic carbocycles. The maximum atomic E-state index is 5.68. The van der Waals surface area contributed by atoms with Gasteiger partial charge < -0.3 is 10.1 Å². The van der Waals surface area contributed by atoms with Gasteiger partial charge in [0.05, 0.1) is 6.61 Å². The van der Waals surface area contributed by atoms with E-state index < -0.39 is 0 Å². The highest BCUT2D eigenvalue weighted by atomic mass is 16.5. The lowest BCUT2D eigenvalue weighted by Gasteiger charge is -2.53. The molecule has 0 aromatic rings. The number of nitrogens with one attached hydrogen (secondary N) is 1. The second-order valence-electron chi connectivity index (χ2n) is 6.36. The third-order valence-electron chi connectivity index (χ3n) is 5.34. The van der Waals surface area contributed by atoms with Crippen LogP contribution < -0.4 is 5.32 Å². The minimum absolute atomic E-state index is 0.262. The molecule has 2 unspecified atom stereocenters. The molecule has 0 aromatic heterocycles. The first kappa shape index (κ1) is 14.3. The molecule has 1 N–H and O–H groups in total. The van der Waals surface area contributed by atoms with Crippen molar-refractivity contribution in [2.24, 2.45) is 0 Å². The Balaban J connectivity index is 2.17. The smallest absolute Gasteiger partial charge is 0.0648 e. The molecule has 2 aliphatic rings. The standard InChI is InChI=1S/C15H30N2O/c1-5-13-10-16-15(6-2,7-3)11-17(13)14(4)8-9-18-12-14/h13,16H,5-12H2,1-4H3. The van der Waals surface area contributed by atoms with Gasteiger partial charge in [-0.05, 0) is 32.6 Å². The lowest BCUT2D eigenvalue weighted by atomic mass is 9.84. The summed E-state index contributed by atoms with van der Waals surface area (Å²) in [5.74, 6) is 0. The van der Waals surface area contributed by atoms with Crippen LogP contribution in [0.1, 0.15) is 53.4 Å². The van der Waals surface area contributed by atoms with Crippen LogP contribution in [0.2, 0.25) is 0 Å². The van der Waals surface area contributed by atoms with Crippen molar-refractivity contribution >= 4 is 0 Å². The maximum Gasteiger partial charge on any atom is 0.0648 e. The van der Waals surface area contributed by atoms with Crippen LogP contribution in [0.3, 0.4) is 0 Å². The molecule has 3 heteroatoms. The summed E-state index contributed by atoms with van der Waals surface area (Å²) in [6.07, 6.45) is 4.85. The molecule has 2 aliphatic heterocycles. The van der Waals surface area contributed by atoms with Crippen molar-refractivity contribution in [3.8, 4) is 0 Å². The van der Waals surface area contributed by atoms with Crippen LogP contribution in [0.5, 0.6) is 0 Å². The second-order valence-corrected chi connectivity index (χ2v) is 6.36. The molecule has 2 saturated heterocycles. The Bertz CT molecular complexity index is 270. The third-order valence-corrected chi connectivity index (χ3v) is 5.34. The van der Waals surface area contributed by atoms with Crippen molar-refractivity contribution in [1.82, 2.24) is 10.2 Å². The number of hydrogen-bond acceptors (Lipinski definition) is 3. The van der Waals surface area contributed by atoms with Crippen molar-refractivity contribution in [3.05, 3.63) is 0 Å². The van der Waals surface area contributed by atoms with Gasteiger partial charge in [0, 0.05) is 36.8 Å². The molecule has 106 valence electrons. The van der Waals surface area contributed by atoms with Crippen molar-refractivity contribution in [1.29, 1.82) is 0 Å². The Morgan fingerprint density at radius 3 is 2.50 bits per heavy atom. The Kier molecular flexibility index (Phi) is 4.35. The highest BCUT2D eigenvalue weighted by Crippen LogP contribution is 2.34. The highest BCUT2D eigenvalue weighted by Gasteiger charge is 2.45. The molecule has 2 rings (SSSR count). The van der Waals surface area contributed by atoms with Crippen molar-refractivity contribution in [2.75, 3.05) is 26.3 Å². The van der Waals surface area contributed by atoms with Gasteiger partial charge in [0.25, 0.3) is 0 Å². The number of nitrogens with zero attached hydrogens (tertiary/aromatic N) is 1. The summed E-state index contributed by atoms with van der Waals surface area (Å²) < 4.78 is 5.68. The maximum absolute atomic E-state index is 5.68. The molecule has 2 fully saturated rings. The lowest BCUT2D eigenvalue weighted by molar-refractivity contribution is -0.0174. The summed E-state index contributed by atoms with van der Waals surface area (Å²) in [5.41, 5.74) is 0.579. The van der Waals surface area contributed by atoms with Gasteiger partial charge in [-0.3, -0.25) is 4.90 Å². The SMILES string of the molecule is CCC1CNC(CC)(CC)CN1C1(C)CCOC1. The molecule has 0 saturated carbocycles. The monoisotopic (exact) mass is 254 g/mol.